The Morgan fingerprint density at radius 1 is 1.23 bits per heavy atom. The van der Waals surface area contributed by atoms with Gasteiger partial charge in [-0.1, -0.05) is 0 Å². The standard InChI is InChI=1S/C15H16F3N5O3/c16-15(17,18)14(26)23-4-1-2-10(23)13(25)22-5-3-8-6-20-12(11(19)24)21-9(8)7-22/h6,10H,1-5,7H2,(H2,19,24). The average molecular weight is 371 g/mol. The number of nitrogens with two attached hydrogens (primary N) is 1. The normalized spacial score (nSPS) is 20.0. The zero-order valence-corrected chi connectivity index (χ0v) is 13.6. The van der Waals surface area contributed by atoms with Gasteiger partial charge in [-0.05, 0) is 24.8 Å². The van der Waals surface area contributed by atoms with E-state index in [2.05, 4.69) is 9.97 Å². The minimum Gasteiger partial charge on any atom is -0.363 e. The Morgan fingerprint density at radius 3 is 2.62 bits per heavy atom. The second-order valence-corrected chi connectivity index (χ2v) is 6.19. The van der Waals surface area contributed by atoms with E-state index in [4.69, 9.17) is 5.73 Å². The molecule has 2 aliphatic rings. The van der Waals surface area contributed by atoms with Crippen molar-refractivity contribution < 1.29 is 27.6 Å². The summed E-state index contributed by atoms with van der Waals surface area (Å²) >= 11 is 0. The van der Waals surface area contributed by atoms with E-state index in [1.54, 1.807) is 0 Å². The highest BCUT2D eigenvalue weighted by atomic mass is 19.4. The number of carbonyl (C=O) groups is 3. The van der Waals surface area contributed by atoms with Gasteiger partial charge in [0.25, 0.3) is 5.91 Å². The van der Waals surface area contributed by atoms with Crippen LogP contribution in [0, 0.1) is 0 Å². The molecule has 1 saturated heterocycles. The molecule has 2 N–H and O–H groups in total. The lowest BCUT2D eigenvalue weighted by molar-refractivity contribution is -0.187. The molecule has 3 amide bonds. The maximum atomic E-state index is 12.7. The largest absolute Gasteiger partial charge is 0.471 e. The topological polar surface area (TPSA) is 109 Å². The first-order valence-corrected chi connectivity index (χ1v) is 7.99. The number of likely N-dealkylation sites (tertiary alicyclic amines) is 1. The number of alkyl halides is 3. The SMILES string of the molecule is NC(=O)c1ncc2c(n1)CN(C(=O)C1CCCN1C(=O)C(F)(F)F)CC2. The van der Waals surface area contributed by atoms with Crippen molar-refractivity contribution in [1.82, 2.24) is 19.8 Å². The number of hydrogen-bond acceptors (Lipinski definition) is 5. The fourth-order valence-electron chi connectivity index (χ4n) is 3.25. The number of amides is 3. The number of aromatic nitrogens is 2. The molecule has 8 nitrogen and oxygen atoms in total. The van der Waals surface area contributed by atoms with Crippen LogP contribution in [0.3, 0.4) is 0 Å². The van der Waals surface area contributed by atoms with E-state index in [-0.39, 0.29) is 31.9 Å². The van der Waals surface area contributed by atoms with E-state index in [1.807, 2.05) is 0 Å². The van der Waals surface area contributed by atoms with Crippen LogP contribution in [0.4, 0.5) is 13.2 Å². The van der Waals surface area contributed by atoms with Crippen LogP contribution in [-0.2, 0) is 22.6 Å². The highest BCUT2D eigenvalue weighted by Crippen LogP contribution is 2.28. The van der Waals surface area contributed by atoms with E-state index < -0.39 is 29.9 Å². The highest BCUT2D eigenvalue weighted by molar-refractivity contribution is 5.91. The zero-order valence-electron chi connectivity index (χ0n) is 13.6. The van der Waals surface area contributed by atoms with Gasteiger partial charge in [0.1, 0.15) is 6.04 Å². The molecule has 1 fully saturated rings. The first-order valence-electron chi connectivity index (χ1n) is 7.99. The highest BCUT2D eigenvalue weighted by Gasteiger charge is 2.48. The van der Waals surface area contributed by atoms with E-state index in [9.17, 15) is 27.6 Å². The molecule has 0 saturated carbocycles. The molecule has 11 heteroatoms. The van der Waals surface area contributed by atoms with Crippen LogP contribution in [0.5, 0.6) is 0 Å². The van der Waals surface area contributed by atoms with E-state index in [0.717, 1.165) is 5.56 Å². The summed E-state index contributed by atoms with van der Waals surface area (Å²) in [6, 6.07) is -1.14. The summed E-state index contributed by atoms with van der Waals surface area (Å²) in [6.45, 7) is 0.199. The Bertz CT molecular complexity index is 767. The molecular formula is C15H16F3N5O3. The maximum Gasteiger partial charge on any atom is 0.471 e. The molecule has 26 heavy (non-hydrogen) atoms. The zero-order chi connectivity index (χ0) is 19.1. The van der Waals surface area contributed by atoms with Gasteiger partial charge in [-0.3, -0.25) is 14.4 Å². The number of nitrogens with zero attached hydrogens (tertiary/aromatic N) is 4. The Balaban J connectivity index is 1.77. The fraction of sp³-hybridized carbons (Fsp3) is 0.533. The third kappa shape index (κ3) is 3.33. The Kier molecular flexibility index (Phi) is 4.55. The predicted molar refractivity (Wildman–Crippen MR) is 80.5 cm³/mol. The van der Waals surface area contributed by atoms with Crippen molar-refractivity contribution in [3.63, 3.8) is 0 Å². The van der Waals surface area contributed by atoms with Crippen LogP contribution in [0.25, 0.3) is 0 Å². The molecule has 0 spiro atoms. The van der Waals surface area contributed by atoms with Crippen LogP contribution >= 0.6 is 0 Å². The summed E-state index contributed by atoms with van der Waals surface area (Å²) in [5.74, 6) is -3.55. The quantitative estimate of drug-likeness (QED) is 0.788. The van der Waals surface area contributed by atoms with Crippen LogP contribution in [0.2, 0.25) is 0 Å². The first-order chi connectivity index (χ1) is 12.2. The monoisotopic (exact) mass is 371 g/mol. The molecule has 2 aliphatic heterocycles. The molecule has 1 unspecified atom stereocenters. The predicted octanol–water partition coefficient (Wildman–Crippen LogP) is 0.0135. The van der Waals surface area contributed by atoms with Gasteiger partial charge in [0.05, 0.1) is 12.2 Å². The molecule has 3 heterocycles. The van der Waals surface area contributed by atoms with Gasteiger partial charge in [0.2, 0.25) is 11.7 Å². The van der Waals surface area contributed by atoms with E-state index >= 15 is 0 Å². The van der Waals surface area contributed by atoms with Crippen molar-refractivity contribution in [1.29, 1.82) is 0 Å². The number of fused-ring (bicyclic) bond motifs is 1. The van der Waals surface area contributed by atoms with Crippen LogP contribution in [0.15, 0.2) is 6.20 Å². The second kappa shape index (κ2) is 6.54. The number of rotatable bonds is 2. The molecular weight excluding hydrogens is 355 g/mol. The molecule has 1 aromatic heterocycles. The molecule has 1 atom stereocenters. The van der Waals surface area contributed by atoms with Gasteiger partial charge in [-0.15, -0.1) is 0 Å². The molecule has 0 radical (unpaired) electrons. The number of hydrogen-bond donors (Lipinski definition) is 1. The summed E-state index contributed by atoms with van der Waals surface area (Å²) in [5, 5.41) is 0. The molecule has 0 aliphatic carbocycles. The molecule has 3 rings (SSSR count). The lowest BCUT2D eigenvalue weighted by Crippen LogP contribution is -2.52. The van der Waals surface area contributed by atoms with Gasteiger partial charge < -0.3 is 15.5 Å². The number of carbonyl (C=O) groups excluding carboxylic acids is 3. The average Bonchev–Trinajstić information content (AvgIpc) is 3.07. The van der Waals surface area contributed by atoms with Gasteiger partial charge in [0.15, 0.2) is 0 Å². The fourth-order valence-corrected chi connectivity index (χ4v) is 3.25. The second-order valence-electron chi connectivity index (χ2n) is 6.19. The molecule has 0 bridgehead atoms. The summed E-state index contributed by atoms with van der Waals surface area (Å²) < 4.78 is 38.2. The van der Waals surface area contributed by atoms with Gasteiger partial charge in [-0.2, -0.15) is 13.2 Å². The van der Waals surface area contributed by atoms with Crippen LogP contribution in [0.1, 0.15) is 34.7 Å². The minimum atomic E-state index is -5.01. The Hall–Kier alpha value is -2.72. The Morgan fingerprint density at radius 2 is 1.96 bits per heavy atom. The third-order valence-corrected chi connectivity index (χ3v) is 4.52. The molecule has 1 aromatic rings. The van der Waals surface area contributed by atoms with Crippen molar-refractivity contribution in [2.45, 2.75) is 38.0 Å². The van der Waals surface area contributed by atoms with Crippen molar-refractivity contribution in [2.75, 3.05) is 13.1 Å². The lowest BCUT2D eigenvalue weighted by Gasteiger charge is -2.33. The summed E-state index contributed by atoms with van der Waals surface area (Å²) in [7, 11) is 0. The van der Waals surface area contributed by atoms with Crippen LogP contribution in [-0.4, -0.2) is 62.8 Å². The van der Waals surface area contributed by atoms with Gasteiger partial charge in [0, 0.05) is 19.3 Å². The summed E-state index contributed by atoms with van der Waals surface area (Å²) in [4.78, 5) is 45.2. The lowest BCUT2D eigenvalue weighted by atomic mass is 10.0. The number of primary amides is 1. The van der Waals surface area contributed by atoms with Crippen LogP contribution < -0.4 is 5.73 Å². The molecule has 0 aromatic carbocycles. The van der Waals surface area contributed by atoms with Crippen molar-refractivity contribution >= 4 is 17.7 Å². The maximum absolute atomic E-state index is 12.7. The van der Waals surface area contributed by atoms with Gasteiger partial charge in [-0.25, -0.2) is 9.97 Å². The summed E-state index contributed by atoms with van der Waals surface area (Å²) in [6.07, 6.45) is -2.64. The van der Waals surface area contributed by atoms with Gasteiger partial charge >= 0.3 is 12.1 Å². The van der Waals surface area contributed by atoms with Crippen molar-refractivity contribution in [3.05, 3.63) is 23.3 Å². The number of halogens is 3. The summed E-state index contributed by atoms with van der Waals surface area (Å²) in [5.41, 5.74) is 6.31. The van der Waals surface area contributed by atoms with E-state index in [0.29, 0.717) is 23.4 Å². The first kappa shape index (κ1) is 18.1. The van der Waals surface area contributed by atoms with Crippen molar-refractivity contribution in [2.24, 2.45) is 5.73 Å². The van der Waals surface area contributed by atoms with Crippen molar-refractivity contribution in [3.8, 4) is 0 Å². The smallest absolute Gasteiger partial charge is 0.363 e. The third-order valence-electron chi connectivity index (χ3n) is 4.52. The molecule has 140 valence electrons. The Labute approximate surface area is 146 Å². The minimum absolute atomic E-state index is 0.0293. The van der Waals surface area contributed by atoms with E-state index in [1.165, 1.54) is 11.1 Å².